The van der Waals surface area contributed by atoms with Crippen LogP contribution in [0, 0.1) is 10.1 Å². The van der Waals surface area contributed by atoms with Gasteiger partial charge in [-0.15, -0.1) is 13.2 Å². The average Bonchev–Trinajstić information content (AvgIpc) is 3.18. The molecule has 1 aromatic heterocycles. The molecule has 0 aliphatic heterocycles. The maximum Gasteiger partial charge on any atom is 0.269 e. The van der Waals surface area contributed by atoms with Gasteiger partial charge >= 0.3 is 0 Å². The van der Waals surface area contributed by atoms with E-state index in [0.29, 0.717) is 24.3 Å². The van der Waals surface area contributed by atoms with Crippen molar-refractivity contribution < 1.29 is 9.72 Å². The number of nitro benzene ring substituents is 1. The van der Waals surface area contributed by atoms with E-state index < -0.39 is 4.92 Å². The second-order valence-electron chi connectivity index (χ2n) is 6.64. The standard InChI is InChI=1S/C23H22N4O3/c1-3-14-25(15-4-2)22(28)16-19-17-26(20-8-6-5-7-9-20)24-23(19)18-10-12-21(13-11-18)27(29)30/h3-13,17H,1-2,14-16H2. The molecule has 0 N–H and O–H groups in total. The summed E-state index contributed by atoms with van der Waals surface area (Å²) in [6.45, 7) is 8.25. The number of amides is 1. The van der Waals surface area contributed by atoms with Gasteiger partial charge in [0, 0.05) is 42.5 Å². The van der Waals surface area contributed by atoms with Gasteiger partial charge in [-0.3, -0.25) is 14.9 Å². The summed E-state index contributed by atoms with van der Waals surface area (Å²) in [7, 11) is 0. The minimum absolute atomic E-state index is 0.00186. The van der Waals surface area contributed by atoms with Gasteiger partial charge in [-0.25, -0.2) is 4.68 Å². The van der Waals surface area contributed by atoms with Crippen LogP contribution in [0.25, 0.3) is 16.9 Å². The third kappa shape index (κ3) is 4.70. The second-order valence-corrected chi connectivity index (χ2v) is 6.64. The average molecular weight is 402 g/mol. The minimum atomic E-state index is -0.445. The zero-order valence-electron chi connectivity index (χ0n) is 16.5. The minimum Gasteiger partial charge on any atom is -0.335 e. The molecule has 0 atom stereocenters. The first-order valence-corrected chi connectivity index (χ1v) is 9.42. The van der Waals surface area contributed by atoms with E-state index in [1.165, 1.54) is 12.1 Å². The number of para-hydroxylation sites is 1. The van der Waals surface area contributed by atoms with E-state index in [-0.39, 0.29) is 18.0 Å². The quantitative estimate of drug-likeness (QED) is 0.305. The van der Waals surface area contributed by atoms with Gasteiger partial charge in [0.25, 0.3) is 5.69 Å². The van der Waals surface area contributed by atoms with Crippen LogP contribution in [-0.4, -0.2) is 38.6 Å². The van der Waals surface area contributed by atoms with Gasteiger partial charge in [0.15, 0.2) is 0 Å². The molecule has 3 aromatic rings. The number of rotatable bonds is 9. The summed E-state index contributed by atoms with van der Waals surface area (Å²) < 4.78 is 1.71. The highest BCUT2D eigenvalue weighted by Crippen LogP contribution is 2.26. The molecule has 7 nitrogen and oxygen atoms in total. The van der Waals surface area contributed by atoms with E-state index in [1.54, 1.807) is 33.9 Å². The first-order chi connectivity index (χ1) is 14.5. The molecular formula is C23H22N4O3. The Labute approximate surface area is 174 Å². The van der Waals surface area contributed by atoms with Crippen LogP contribution in [0.2, 0.25) is 0 Å². The number of non-ortho nitro benzene ring substituents is 1. The lowest BCUT2D eigenvalue weighted by Crippen LogP contribution is -2.32. The summed E-state index contributed by atoms with van der Waals surface area (Å²) in [6.07, 6.45) is 5.31. The number of aromatic nitrogens is 2. The lowest BCUT2D eigenvalue weighted by molar-refractivity contribution is -0.384. The molecule has 0 bridgehead atoms. The number of benzene rings is 2. The Morgan fingerprint density at radius 3 is 2.27 bits per heavy atom. The predicted octanol–water partition coefficient (Wildman–Crippen LogP) is 4.19. The summed E-state index contributed by atoms with van der Waals surface area (Å²) in [6, 6.07) is 15.7. The van der Waals surface area contributed by atoms with Crippen molar-refractivity contribution in [2.75, 3.05) is 13.1 Å². The van der Waals surface area contributed by atoms with Gasteiger partial charge in [0.05, 0.1) is 22.7 Å². The van der Waals surface area contributed by atoms with Crippen LogP contribution in [0.1, 0.15) is 5.56 Å². The zero-order chi connectivity index (χ0) is 21.5. The Balaban J connectivity index is 2.00. The smallest absolute Gasteiger partial charge is 0.269 e. The fourth-order valence-electron chi connectivity index (χ4n) is 3.10. The zero-order valence-corrected chi connectivity index (χ0v) is 16.5. The van der Waals surface area contributed by atoms with Gasteiger partial charge in [-0.05, 0) is 24.3 Å². The molecule has 0 aliphatic carbocycles. The van der Waals surface area contributed by atoms with E-state index >= 15 is 0 Å². The fraction of sp³-hybridized carbons (Fsp3) is 0.130. The largest absolute Gasteiger partial charge is 0.335 e. The highest BCUT2D eigenvalue weighted by Gasteiger charge is 2.19. The summed E-state index contributed by atoms with van der Waals surface area (Å²) in [5.41, 5.74) is 2.91. The predicted molar refractivity (Wildman–Crippen MR) is 116 cm³/mol. The molecule has 0 unspecified atom stereocenters. The number of nitro groups is 1. The first kappa shape index (κ1) is 20.7. The lowest BCUT2D eigenvalue weighted by atomic mass is 10.1. The maximum absolute atomic E-state index is 12.9. The molecule has 2 aromatic carbocycles. The Bertz CT molecular complexity index is 1050. The van der Waals surface area contributed by atoms with Crippen LogP contribution in [-0.2, 0) is 11.2 Å². The molecule has 30 heavy (non-hydrogen) atoms. The van der Waals surface area contributed by atoms with E-state index in [4.69, 9.17) is 0 Å². The number of hydrogen-bond donors (Lipinski definition) is 0. The SMILES string of the molecule is C=CCN(CC=C)C(=O)Cc1cn(-c2ccccc2)nc1-c1ccc([N+](=O)[O-])cc1. The highest BCUT2D eigenvalue weighted by molar-refractivity contribution is 5.81. The van der Waals surface area contributed by atoms with Crippen LogP contribution in [0.4, 0.5) is 5.69 Å². The third-order valence-corrected chi connectivity index (χ3v) is 4.56. The van der Waals surface area contributed by atoms with Crippen LogP contribution in [0.5, 0.6) is 0 Å². The fourth-order valence-corrected chi connectivity index (χ4v) is 3.10. The Kier molecular flexibility index (Phi) is 6.54. The van der Waals surface area contributed by atoms with Gasteiger partial charge in [-0.2, -0.15) is 5.10 Å². The van der Waals surface area contributed by atoms with Gasteiger partial charge in [0.1, 0.15) is 0 Å². The van der Waals surface area contributed by atoms with Crippen LogP contribution < -0.4 is 0 Å². The van der Waals surface area contributed by atoms with Gasteiger partial charge in [-0.1, -0.05) is 30.4 Å². The number of nitrogens with zero attached hydrogens (tertiary/aromatic N) is 4. The van der Waals surface area contributed by atoms with Crippen LogP contribution in [0.3, 0.4) is 0 Å². The molecule has 3 rings (SSSR count). The van der Waals surface area contributed by atoms with Crippen molar-refractivity contribution in [3.63, 3.8) is 0 Å². The Morgan fingerprint density at radius 1 is 1.07 bits per heavy atom. The van der Waals surface area contributed by atoms with Crippen molar-refractivity contribution in [2.45, 2.75) is 6.42 Å². The molecule has 0 aliphatic rings. The Hall–Kier alpha value is -4.00. The topological polar surface area (TPSA) is 81.3 Å². The van der Waals surface area contributed by atoms with E-state index in [9.17, 15) is 14.9 Å². The Morgan fingerprint density at radius 2 is 1.70 bits per heavy atom. The number of hydrogen-bond acceptors (Lipinski definition) is 4. The van der Waals surface area contributed by atoms with Crippen LogP contribution >= 0.6 is 0 Å². The molecule has 7 heteroatoms. The van der Waals surface area contributed by atoms with Crippen molar-refractivity contribution in [3.05, 3.63) is 102 Å². The van der Waals surface area contributed by atoms with E-state index in [0.717, 1.165) is 11.3 Å². The molecular weight excluding hydrogens is 380 g/mol. The van der Waals surface area contributed by atoms with Crippen molar-refractivity contribution in [3.8, 4) is 16.9 Å². The van der Waals surface area contributed by atoms with E-state index in [1.807, 2.05) is 36.5 Å². The molecule has 0 radical (unpaired) electrons. The normalized spacial score (nSPS) is 10.4. The second kappa shape index (κ2) is 9.47. The third-order valence-electron chi connectivity index (χ3n) is 4.56. The molecule has 0 saturated heterocycles. The monoisotopic (exact) mass is 402 g/mol. The summed E-state index contributed by atoms with van der Waals surface area (Å²) in [5, 5.41) is 15.6. The summed E-state index contributed by atoms with van der Waals surface area (Å²) >= 11 is 0. The summed E-state index contributed by atoms with van der Waals surface area (Å²) in [4.78, 5) is 25.0. The number of carbonyl (C=O) groups is 1. The molecule has 0 spiro atoms. The van der Waals surface area contributed by atoms with Crippen molar-refractivity contribution >= 4 is 11.6 Å². The first-order valence-electron chi connectivity index (χ1n) is 9.42. The van der Waals surface area contributed by atoms with E-state index in [2.05, 4.69) is 18.3 Å². The molecule has 1 amide bonds. The van der Waals surface area contributed by atoms with Crippen LogP contribution in [0.15, 0.2) is 86.1 Å². The van der Waals surface area contributed by atoms with Gasteiger partial charge in [0.2, 0.25) is 5.91 Å². The van der Waals surface area contributed by atoms with Gasteiger partial charge < -0.3 is 4.90 Å². The lowest BCUT2D eigenvalue weighted by Gasteiger charge is -2.19. The number of carbonyl (C=O) groups excluding carboxylic acids is 1. The van der Waals surface area contributed by atoms with Crippen molar-refractivity contribution in [1.82, 2.24) is 14.7 Å². The maximum atomic E-state index is 12.9. The molecule has 0 saturated carbocycles. The summed E-state index contributed by atoms with van der Waals surface area (Å²) in [5.74, 6) is -0.0782. The van der Waals surface area contributed by atoms with Crippen molar-refractivity contribution in [2.24, 2.45) is 0 Å². The molecule has 0 fully saturated rings. The molecule has 152 valence electrons. The highest BCUT2D eigenvalue weighted by atomic mass is 16.6. The van der Waals surface area contributed by atoms with Crippen molar-refractivity contribution in [1.29, 1.82) is 0 Å². The molecule has 1 heterocycles.